The van der Waals surface area contributed by atoms with Gasteiger partial charge in [-0.15, -0.1) is 0 Å². The molecule has 0 radical (unpaired) electrons. The van der Waals surface area contributed by atoms with E-state index in [0.717, 1.165) is 0 Å². The zero-order chi connectivity index (χ0) is 15.6. The van der Waals surface area contributed by atoms with Crippen LogP contribution in [-0.2, 0) is 4.79 Å². The molecule has 1 aromatic rings. The summed E-state index contributed by atoms with van der Waals surface area (Å²) in [6, 6.07) is 3.95. The second kappa shape index (κ2) is 6.43. The molecule has 0 bridgehead atoms. The third-order valence-corrected chi connectivity index (χ3v) is 3.97. The summed E-state index contributed by atoms with van der Waals surface area (Å²) < 4.78 is 13.7. The molecule has 4 nitrogen and oxygen atoms in total. The van der Waals surface area contributed by atoms with Crippen LogP contribution in [0.15, 0.2) is 18.2 Å². The maximum atomic E-state index is 13.7. The van der Waals surface area contributed by atoms with Crippen molar-refractivity contribution in [1.29, 1.82) is 0 Å². The molecule has 0 atom stereocenters. The average Bonchev–Trinajstić information content (AvgIpc) is 2.48. The van der Waals surface area contributed by atoms with Gasteiger partial charge in [0.05, 0.1) is 5.56 Å². The van der Waals surface area contributed by atoms with Crippen molar-refractivity contribution in [2.75, 3.05) is 27.2 Å². The van der Waals surface area contributed by atoms with Gasteiger partial charge in [-0.1, -0.05) is 11.6 Å². The van der Waals surface area contributed by atoms with Crippen LogP contribution in [0.3, 0.4) is 0 Å². The molecule has 0 N–H and O–H groups in total. The number of carbonyl (C=O) groups is 2. The summed E-state index contributed by atoms with van der Waals surface area (Å²) in [6.07, 6.45) is 1.20. The van der Waals surface area contributed by atoms with E-state index in [-0.39, 0.29) is 23.3 Å². The van der Waals surface area contributed by atoms with Crippen LogP contribution in [-0.4, -0.2) is 48.8 Å². The standard InChI is InChI=1S/C15H18ClFN2O2/c1-18(2)14(20)10-5-7-19(8-6-10)15(21)12-9-11(16)3-4-13(12)17/h3-4,9-10H,5-8H2,1-2H3. The Morgan fingerprint density at radius 2 is 1.90 bits per heavy atom. The molecule has 0 saturated carbocycles. The minimum Gasteiger partial charge on any atom is -0.349 e. The van der Waals surface area contributed by atoms with Gasteiger partial charge in [-0.2, -0.15) is 0 Å². The highest BCUT2D eigenvalue weighted by molar-refractivity contribution is 6.31. The summed E-state index contributed by atoms with van der Waals surface area (Å²) in [4.78, 5) is 27.3. The summed E-state index contributed by atoms with van der Waals surface area (Å²) in [7, 11) is 3.45. The third-order valence-electron chi connectivity index (χ3n) is 3.73. The van der Waals surface area contributed by atoms with Crippen LogP contribution in [0, 0.1) is 11.7 Å². The lowest BCUT2D eigenvalue weighted by molar-refractivity contribution is -0.134. The van der Waals surface area contributed by atoms with E-state index in [4.69, 9.17) is 11.6 Å². The van der Waals surface area contributed by atoms with Crippen molar-refractivity contribution in [2.24, 2.45) is 5.92 Å². The van der Waals surface area contributed by atoms with Gasteiger partial charge in [-0.3, -0.25) is 9.59 Å². The molecule has 1 aliphatic rings. The van der Waals surface area contributed by atoms with Gasteiger partial charge < -0.3 is 9.80 Å². The van der Waals surface area contributed by atoms with Crippen molar-refractivity contribution >= 4 is 23.4 Å². The van der Waals surface area contributed by atoms with Crippen molar-refractivity contribution in [3.05, 3.63) is 34.6 Å². The summed E-state index contributed by atoms with van der Waals surface area (Å²) >= 11 is 5.81. The van der Waals surface area contributed by atoms with E-state index in [1.54, 1.807) is 23.9 Å². The molecule has 0 aliphatic carbocycles. The predicted octanol–water partition coefficient (Wildman–Crippen LogP) is 2.42. The predicted molar refractivity (Wildman–Crippen MR) is 78.7 cm³/mol. The third kappa shape index (κ3) is 3.53. The molecule has 0 unspecified atom stereocenters. The number of benzene rings is 1. The van der Waals surface area contributed by atoms with E-state index in [9.17, 15) is 14.0 Å². The fourth-order valence-electron chi connectivity index (χ4n) is 2.53. The lowest BCUT2D eigenvalue weighted by Crippen LogP contribution is -2.43. The Kier molecular flexibility index (Phi) is 4.83. The number of halogens is 2. The van der Waals surface area contributed by atoms with Crippen molar-refractivity contribution in [3.8, 4) is 0 Å². The van der Waals surface area contributed by atoms with Crippen molar-refractivity contribution in [2.45, 2.75) is 12.8 Å². The number of amides is 2. The van der Waals surface area contributed by atoms with Crippen LogP contribution in [0.5, 0.6) is 0 Å². The second-order valence-corrected chi connectivity index (χ2v) is 5.86. The number of nitrogens with zero attached hydrogens (tertiary/aromatic N) is 2. The first-order valence-corrected chi connectivity index (χ1v) is 7.23. The van der Waals surface area contributed by atoms with E-state index in [1.165, 1.54) is 18.2 Å². The van der Waals surface area contributed by atoms with Crippen LogP contribution >= 0.6 is 11.6 Å². The first-order valence-electron chi connectivity index (χ1n) is 6.85. The molecule has 1 heterocycles. The molecule has 2 amide bonds. The maximum absolute atomic E-state index is 13.7. The molecule has 0 spiro atoms. The van der Waals surface area contributed by atoms with Crippen molar-refractivity contribution < 1.29 is 14.0 Å². The summed E-state index contributed by atoms with van der Waals surface area (Å²) in [6.45, 7) is 0.907. The van der Waals surface area contributed by atoms with Crippen LogP contribution in [0.2, 0.25) is 5.02 Å². The van der Waals surface area contributed by atoms with Crippen molar-refractivity contribution in [1.82, 2.24) is 9.80 Å². The molecule has 0 aromatic heterocycles. The second-order valence-electron chi connectivity index (χ2n) is 5.42. The van der Waals surface area contributed by atoms with E-state index in [2.05, 4.69) is 0 Å². The zero-order valence-corrected chi connectivity index (χ0v) is 12.9. The Morgan fingerprint density at radius 3 is 2.48 bits per heavy atom. The molecule has 1 saturated heterocycles. The first kappa shape index (κ1) is 15.8. The topological polar surface area (TPSA) is 40.6 Å². The molecule has 1 aliphatic heterocycles. The lowest BCUT2D eigenvalue weighted by atomic mass is 9.95. The first-order chi connectivity index (χ1) is 9.90. The fraction of sp³-hybridized carbons (Fsp3) is 0.467. The Bertz CT molecular complexity index is 555. The highest BCUT2D eigenvalue weighted by Crippen LogP contribution is 2.22. The van der Waals surface area contributed by atoms with Crippen LogP contribution in [0.1, 0.15) is 23.2 Å². The SMILES string of the molecule is CN(C)C(=O)C1CCN(C(=O)c2cc(Cl)ccc2F)CC1. The molecular weight excluding hydrogens is 295 g/mol. The van der Waals surface area contributed by atoms with Crippen LogP contribution in [0.4, 0.5) is 4.39 Å². The summed E-state index contributed by atoms with van der Waals surface area (Å²) in [5, 5.41) is 0.331. The number of rotatable bonds is 2. The van der Waals surface area contributed by atoms with E-state index >= 15 is 0 Å². The monoisotopic (exact) mass is 312 g/mol. The number of piperidine rings is 1. The van der Waals surface area contributed by atoms with Gasteiger partial charge in [-0.25, -0.2) is 4.39 Å². The van der Waals surface area contributed by atoms with Gasteiger partial charge in [0.15, 0.2) is 0 Å². The minimum atomic E-state index is -0.573. The van der Waals surface area contributed by atoms with E-state index in [1.807, 2.05) is 0 Å². The number of carbonyl (C=O) groups excluding carboxylic acids is 2. The van der Waals surface area contributed by atoms with Crippen molar-refractivity contribution in [3.63, 3.8) is 0 Å². The van der Waals surface area contributed by atoms with Crippen LogP contribution in [0.25, 0.3) is 0 Å². The van der Waals surface area contributed by atoms with Gasteiger partial charge in [-0.05, 0) is 31.0 Å². The normalized spacial score (nSPS) is 15.9. The number of likely N-dealkylation sites (tertiary alicyclic amines) is 1. The molecular formula is C15H18ClFN2O2. The van der Waals surface area contributed by atoms with E-state index < -0.39 is 5.82 Å². The minimum absolute atomic E-state index is 0.0140. The average molecular weight is 313 g/mol. The summed E-state index contributed by atoms with van der Waals surface area (Å²) in [5.74, 6) is -0.925. The van der Waals surface area contributed by atoms with E-state index in [0.29, 0.717) is 31.0 Å². The molecule has 1 aromatic carbocycles. The maximum Gasteiger partial charge on any atom is 0.256 e. The number of hydrogen-bond donors (Lipinski definition) is 0. The molecule has 2 rings (SSSR count). The van der Waals surface area contributed by atoms with Crippen LogP contribution < -0.4 is 0 Å². The molecule has 114 valence electrons. The smallest absolute Gasteiger partial charge is 0.256 e. The Morgan fingerprint density at radius 1 is 1.29 bits per heavy atom. The molecule has 6 heteroatoms. The fourth-order valence-corrected chi connectivity index (χ4v) is 2.70. The number of hydrogen-bond acceptors (Lipinski definition) is 2. The highest BCUT2D eigenvalue weighted by Gasteiger charge is 2.29. The quantitative estimate of drug-likeness (QED) is 0.841. The Labute approximate surface area is 128 Å². The van der Waals surface area contributed by atoms with Gasteiger partial charge in [0.2, 0.25) is 5.91 Å². The van der Waals surface area contributed by atoms with Gasteiger partial charge in [0.1, 0.15) is 5.82 Å². The van der Waals surface area contributed by atoms with Gasteiger partial charge in [0.25, 0.3) is 5.91 Å². The summed E-state index contributed by atoms with van der Waals surface area (Å²) in [5.41, 5.74) is -0.0140. The Hall–Kier alpha value is -1.62. The van der Waals surface area contributed by atoms with Gasteiger partial charge >= 0.3 is 0 Å². The Balaban J connectivity index is 2.03. The zero-order valence-electron chi connectivity index (χ0n) is 12.1. The van der Waals surface area contributed by atoms with Gasteiger partial charge in [0, 0.05) is 38.1 Å². The molecule has 1 fully saturated rings. The highest BCUT2D eigenvalue weighted by atomic mass is 35.5. The molecule has 21 heavy (non-hydrogen) atoms. The lowest BCUT2D eigenvalue weighted by Gasteiger charge is -2.32. The largest absolute Gasteiger partial charge is 0.349 e.